The van der Waals surface area contributed by atoms with E-state index in [1.54, 1.807) is 0 Å². The zero-order chi connectivity index (χ0) is 14.2. The molecule has 0 amide bonds. The van der Waals surface area contributed by atoms with Crippen molar-refractivity contribution < 1.29 is 4.74 Å². The van der Waals surface area contributed by atoms with Gasteiger partial charge in [0.1, 0.15) is 5.75 Å². The summed E-state index contributed by atoms with van der Waals surface area (Å²) < 4.78 is 5.73. The lowest BCUT2D eigenvalue weighted by atomic mass is 10.1. The highest BCUT2D eigenvalue weighted by molar-refractivity contribution is 5.64. The molecule has 1 N–H and O–H groups in total. The van der Waals surface area contributed by atoms with Gasteiger partial charge in [-0.1, -0.05) is 12.1 Å². The van der Waals surface area contributed by atoms with Crippen molar-refractivity contribution in [3.8, 4) is 17.1 Å². The summed E-state index contributed by atoms with van der Waals surface area (Å²) in [5, 5.41) is 3.40. The van der Waals surface area contributed by atoms with E-state index in [1.807, 2.05) is 31.2 Å². The van der Waals surface area contributed by atoms with Crippen LogP contribution in [0.15, 0.2) is 24.3 Å². The molecule has 0 atom stereocenters. The fraction of sp³-hybridized carbons (Fsp3) is 0.412. The summed E-state index contributed by atoms with van der Waals surface area (Å²) in [6.45, 7) is 4.41. The number of nitrogens with one attached hydrogen (secondary N) is 1. The van der Waals surface area contributed by atoms with E-state index in [0.717, 1.165) is 35.9 Å². The average molecular weight is 281 g/mol. The lowest BCUT2D eigenvalue weighted by Crippen LogP contribution is -2.04. The highest BCUT2D eigenvalue weighted by Gasteiger charge is 2.31. The third-order valence-corrected chi connectivity index (χ3v) is 4.11. The molecule has 2 heterocycles. The molecule has 108 valence electrons. The standard InChI is InChI=1S/C17H19N3O/c1-2-21-15-6-4-3-5-12(15)17-19-14-10-18-9-13(14)16(20-17)11-7-8-11/h3-6,11,18H,2,7-10H2,1H3. The molecule has 1 saturated carbocycles. The molecule has 4 heteroatoms. The number of hydrogen-bond donors (Lipinski definition) is 1. The number of rotatable bonds is 4. The molecule has 1 aliphatic carbocycles. The zero-order valence-corrected chi connectivity index (χ0v) is 12.2. The minimum Gasteiger partial charge on any atom is -0.493 e. The Morgan fingerprint density at radius 1 is 1.19 bits per heavy atom. The van der Waals surface area contributed by atoms with Gasteiger partial charge in [-0.05, 0) is 31.9 Å². The summed E-state index contributed by atoms with van der Waals surface area (Å²) >= 11 is 0. The molecule has 0 spiro atoms. The van der Waals surface area contributed by atoms with Crippen LogP contribution < -0.4 is 10.1 Å². The Kier molecular flexibility index (Phi) is 3.11. The van der Waals surface area contributed by atoms with Gasteiger partial charge < -0.3 is 10.1 Å². The number of para-hydroxylation sites is 1. The van der Waals surface area contributed by atoms with Gasteiger partial charge in [-0.2, -0.15) is 0 Å². The smallest absolute Gasteiger partial charge is 0.163 e. The first-order chi connectivity index (χ1) is 10.4. The Labute approximate surface area is 124 Å². The van der Waals surface area contributed by atoms with Gasteiger partial charge in [0.25, 0.3) is 0 Å². The Balaban J connectivity index is 1.84. The maximum Gasteiger partial charge on any atom is 0.163 e. The minimum absolute atomic E-state index is 0.639. The minimum atomic E-state index is 0.639. The van der Waals surface area contributed by atoms with Crippen LogP contribution in [-0.4, -0.2) is 16.6 Å². The second kappa shape index (κ2) is 5.11. The molecular formula is C17H19N3O. The van der Waals surface area contributed by atoms with Crippen LogP contribution in [0.3, 0.4) is 0 Å². The first-order valence-corrected chi connectivity index (χ1v) is 7.69. The quantitative estimate of drug-likeness (QED) is 0.935. The largest absolute Gasteiger partial charge is 0.493 e. The van der Waals surface area contributed by atoms with E-state index < -0.39 is 0 Å². The number of aromatic nitrogens is 2. The van der Waals surface area contributed by atoms with Crippen LogP contribution in [-0.2, 0) is 13.1 Å². The van der Waals surface area contributed by atoms with Crippen molar-refractivity contribution in [2.24, 2.45) is 0 Å². The Morgan fingerprint density at radius 2 is 2.05 bits per heavy atom. The molecule has 21 heavy (non-hydrogen) atoms. The fourth-order valence-corrected chi connectivity index (χ4v) is 2.94. The van der Waals surface area contributed by atoms with Crippen molar-refractivity contribution in [2.75, 3.05) is 6.61 Å². The van der Waals surface area contributed by atoms with E-state index in [-0.39, 0.29) is 0 Å². The van der Waals surface area contributed by atoms with Crippen molar-refractivity contribution >= 4 is 0 Å². The molecule has 0 unspecified atom stereocenters. The summed E-state index contributed by atoms with van der Waals surface area (Å²) in [6.07, 6.45) is 2.52. The normalized spacial score (nSPS) is 16.8. The number of ether oxygens (including phenoxy) is 1. The summed E-state index contributed by atoms with van der Waals surface area (Å²) in [6, 6.07) is 8.05. The van der Waals surface area contributed by atoms with E-state index in [1.165, 1.54) is 24.1 Å². The van der Waals surface area contributed by atoms with Crippen molar-refractivity contribution in [1.82, 2.24) is 15.3 Å². The van der Waals surface area contributed by atoms with Crippen LogP contribution in [0.25, 0.3) is 11.4 Å². The van der Waals surface area contributed by atoms with E-state index in [0.29, 0.717) is 12.5 Å². The van der Waals surface area contributed by atoms with Crippen molar-refractivity contribution in [3.05, 3.63) is 41.2 Å². The molecule has 1 fully saturated rings. The van der Waals surface area contributed by atoms with Gasteiger partial charge in [0.2, 0.25) is 0 Å². The van der Waals surface area contributed by atoms with Crippen molar-refractivity contribution in [3.63, 3.8) is 0 Å². The van der Waals surface area contributed by atoms with Crippen LogP contribution >= 0.6 is 0 Å². The summed E-state index contributed by atoms with van der Waals surface area (Å²) in [5.41, 5.74) is 4.74. The first-order valence-electron chi connectivity index (χ1n) is 7.69. The molecule has 1 aromatic carbocycles. The van der Waals surface area contributed by atoms with E-state index in [4.69, 9.17) is 14.7 Å². The predicted octanol–water partition coefficient (Wildman–Crippen LogP) is 3.02. The second-order valence-electron chi connectivity index (χ2n) is 5.66. The van der Waals surface area contributed by atoms with Gasteiger partial charge in [-0.3, -0.25) is 0 Å². The topological polar surface area (TPSA) is 47.0 Å². The summed E-state index contributed by atoms with van der Waals surface area (Å²) in [7, 11) is 0. The Bertz CT molecular complexity index is 680. The maximum atomic E-state index is 5.73. The van der Waals surface area contributed by atoms with Gasteiger partial charge in [0.05, 0.1) is 23.6 Å². The molecule has 4 rings (SSSR count). The summed E-state index contributed by atoms with van der Waals surface area (Å²) in [5.74, 6) is 2.32. The highest BCUT2D eigenvalue weighted by atomic mass is 16.5. The second-order valence-corrected chi connectivity index (χ2v) is 5.66. The van der Waals surface area contributed by atoms with Crippen molar-refractivity contribution in [1.29, 1.82) is 0 Å². The molecule has 0 radical (unpaired) electrons. The van der Waals surface area contributed by atoms with E-state index in [2.05, 4.69) is 5.32 Å². The zero-order valence-electron chi connectivity index (χ0n) is 12.2. The van der Waals surface area contributed by atoms with Crippen LogP contribution in [0.4, 0.5) is 0 Å². The number of benzene rings is 1. The van der Waals surface area contributed by atoms with Crippen LogP contribution in [0.2, 0.25) is 0 Å². The average Bonchev–Trinajstić information content (AvgIpc) is 3.24. The number of fused-ring (bicyclic) bond motifs is 1. The lowest BCUT2D eigenvalue weighted by molar-refractivity contribution is 0.341. The SMILES string of the molecule is CCOc1ccccc1-c1nc2c(c(C3CC3)n1)CNC2. The molecule has 0 bridgehead atoms. The van der Waals surface area contributed by atoms with Gasteiger partial charge >= 0.3 is 0 Å². The van der Waals surface area contributed by atoms with Crippen LogP contribution in [0.1, 0.15) is 42.6 Å². The molecule has 4 nitrogen and oxygen atoms in total. The molecule has 2 aliphatic rings. The number of nitrogens with zero attached hydrogens (tertiary/aromatic N) is 2. The lowest BCUT2D eigenvalue weighted by Gasteiger charge is -2.12. The Morgan fingerprint density at radius 3 is 2.86 bits per heavy atom. The van der Waals surface area contributed by atoms with Gasteiger partial charge in [-0.15, -0.1) is 0 Å². The fourth-order valence-electron chi connectivity index (χ4n) is 2.94. The molecule has 1 aliphatic heterocycles. The molecule has 2 aromatic rings. The molecular weight excluding hydrogens is 262 g/mol. The van der Waals surface area contributed by atoms with E-state index >= 15 is 0 Å². The van der Waals surface area contributed by atoms with Crippen LogP contribution in [0.5, 0.6) is 5.75 Å². The molecule has 1 aromatic heterocycles. The third kappa shape index (κ3) is 2.29. The first kappa shape index (κ1) is 12.8. The third-order valence-electron chi connectivity index (χ3n) is 4.11. The van der Waals surface area contributed by atoms with Gasteiger partial charge in [-0.25, -0.2) is 9.97 Å². The van der Waals surface area contributed by atoms with E-state index in [9.17, 15) is 0 Å². The van der Waals surface area contributed by atoms with Gasteiger partial charge in [0, 0.05) is 24.6 Å². The highest BCUT2D eigenvalue weighted by Crippen LogP contribution is 2.43. The monoisotopic (exact) mass is 281 g/mol. The predicted molar refractivity (Wildman–Crippen MR) is 81.2 cm³/mol. The summed E-state index contributed by atoms with van der Waals surface area (Å²) in [4.78, 5) is 9.67. The Hall–Kier alpha value is -1.94. The molecule has 0 saturated heterocycles. The number of hydrogen-bond acceptors (Lipinski definition) is 4. The van der Waals surface area contributed by atoms with Crippen LogP contribution in [0, 0.1) is 0 Å². The van der Waals surface area contributed by atoms with Crippen molar-refractivity contribution in [2.45, 2.75) is 38.8 Å². The maximum absolute atomic E-state index is 5.73. The van der Waals surface area contributed by atoms with Gasteiger partial charge in [0.15, 0.2) is 5.82 Å².